The third kappa shape index (κ3) is 2.57. The summed E-state index contributed by atoms with van der Waals surface area (Å²) >= 11 is 0. The van der Waals surface area contributed by atoms with Crippen molar-refractivity contribution in [1.82, 2.24) is 9.78 Å². The molecule has 0 unspecified atom stereocenters. The molecule has 8 nitrogen and oxygen atoms in total. The minimum absolute atomic E-state index is 0.0495. The number of nitro groups is 1. The average molecular weight is 252 g/mol. The van der Waals surface area contributed by atoms with Crippen molar-refractivity contribution in [2.24, 2.45) is 7.05 Å². The molecule has 0 saturated carbocycles. The van der Waals surface area contributed by atoms with Crippen LogP contribution in [0.15, 0.2) is 0 Å². The third-order valence-corrected chi connectivity index (χ3v) is 2.25. The Bertz CT molecular complexity index is 529. The van der Waals surface area contributed by atoms with Gasteiger partial charge in [-0.25, -0.2) is 4.68 Å². The second-order valence-electron chi connectivity index (χ2n) is 3.59. The Labute approximate surface area is 103 Å². The van der Waals surface area contributed by atoms with E-state index in [0.29, 0.717) is 0 Å². The van der Waals surface area contributed by atoms with E-state index in [4.69, 9.17) is 11.5 Å². The first-order chi connectivity index (χ1) is 8.38. The summed E-state index contributed by atoms with van der Waals surface area (Å²) in [7, 11) is 1.50. The van der Waals surface area contributed by atoms with Gasteiger partial charge in [-0.1, -0.05) is 5.92 Å². The van der Waals surface area contributed by atoms with Gasteiger partial charge in [-0.15, -0.1) is 6.42 Å². The number of aryl methyl sites for hydroxylation is 2. The van der Waals surface area contributed by atoms with E-state index in [1.165, 1.54) is 23.6 Å². The van der Waals surface area contributed by atoms with Crippen LogP contribution in [0.25, 0.3) is 0 Å². The van der Waals surface area contributed by atoms with Crippen molar-refractivity contribution >= 4 is 17.5 Å². The lowest BCUT2D eigenvalue weighted by molar-refractivity contribution is -0.384. The Morgan fingerprint density at radius 3 is 2.78 bits per heavy atom. The van der Waals surface area contributed by atoms with Crippen LogP contribution in [-0.4, -0.2) is 38.9 Å². The van der Waals surface area contributed by atoms with Crippen LogP contribution in [0.2, 0.25) is 0 Å². The average Bonchev–Trinajstić information content (AvgIpc) is 2.52. The Hall–Kier alpha value is -2.56. The number of aliphatic carboxylic acids is 1. The summed E-state index contributed by atoms with van der Waals surface area (Å²) in [5, 5.41) is 23.7. The van der Waals surface area contributed by atoms with E-state index in [-0.39, 0.29) is 23.7 Å². The molecule has 0 bridgehead atoms. The number of hydrogen-bond acceptors (Lipinski definition) is 5. The van der Waals surface area contributed by atoms with Gasteiger partial charge in [0, 0.05) is 7.05 Å². The highest BCUT2D eigenvalue weighted by Gasteiger charge is 2.28. The van der Waals surface area contributed by atoms with Gasteiger partial charge in [0.05, 0.1) is 11.5 Å². The molecule has 0 aromatic carbocycles. The van der Waals surface area contributed by atoms with Crippen LogP contribution in [0, 0.1) is 29.4 Å². The number of terminal acetylenes is 1. The molecule has 0 amide bonds. The first-order valence-electron chi connectivity index (χ1n) is 4.96. The van der Waals surface area contributed by atoms with Gasteiger partial charge < -0.3 is 10.0 Å². The van der Waals surface area contributed by atoms with E-state index in [2.05, 4.69) is 11.0 Å². The summed E-state index contributed by atoms with van der Waals surface area (Å²) in [6, 6.07) is 0. The fourth-order valence-electron chi connectivity index (χ4n) is 1.68. The van der Waals surface area contributed by atoms with Crippen LogP contribution in [0.5, 0.6) is 0 Å². The van der Waals surface area contributed by atoms with E-state index < -0.39 is 17.4 Å². The maximum atomic E-state index is 11.0. The molecule has 0 radical (unpaired) electrons. The zero-order chi connectivity index (χ0) is 13.9. The van der Waals surface area contributed by atoms with Crippen LogP contribution < -0.4 is 4.90 Å². The second-order valence-corrected chi connectivity index (χ2v) is 3.59. The SMILES string of the molecule is C#CCN(CC(=O)O)c1c([N+](=O)[O-])c(C)nn1C. The zero-order valence-corrected chi connectivity index (χ0v) is 9.95. The fourth-order valence-corrected chi connectivity index (χ4v) is 1.68. The lowest BCUT2D eigenvalue weighted by Gasteiger charge is -2.18. The fraction of sp³-hybridized carbons (Fsp3) is 0.400. The summed E-state index contributed by atoms with van der Waals surface area (Å²) in [4.78, 5) is 22.4. The third-order valence-electron chi connectivity index (χ3n) is 2.25. The van der Waals surface area contributed by atoms with Crippen molar-refractivity contribution < 1.29 is 14.8 Å². The first-order valence-corrected chi connectivity index (χ1v) is 4.96. The monoisotopic (exact) mass is 252 g/mol. The number of carbonyl (C=O) groups is 1. The molecule has 1 heterocycles. The van der Waals surface area contributed by atoms with Crippen molar-refractivity contribution in [3.63, 3.8) is 0 Å². The number of aromatic nitrogens is 2. The van der Waals surface area contributed by atoms with Crippen LogP contribution in [-0.2, 0) is 11.8 Å². The van der Waals surface area contributed by atoms with E-state index in [0.717, 1.165) is 0 Å². The molecule has 1 rings (SSSR count). The lowest BCUT2D eigenvalue weighted by Crippen LogP contribution is -2.32. The molecular formula is C10H12N4O4. The smallest absolute Gasteiger partial charge is 0.333 e. The first kappa shape index (κ1) is 13.5. The van der Waals surface area contributed by atoms with Gasteiger partial charge in [-0.2, -0.15) is 5.10 Å². The normalized spacial score (nSPS) is 9.83. The van der Waals surface area contributed by atoms with Gasteiger partial charge in [-0.3, -0.25) is 14.9 Å². The van der Waals surface area contributed by atoms with Gasteiger partial charge in [0.1, 0.15) is 12.2 Å². The minimum atomic E-state index is -1.13. The summed E-state index contributed by atoms with van der Waals surface area (Å²) in [5.41, 5.74) is -0.0149. The molecule has 0 aliphatic carbocycles. The van der Waals surface area contributed by atoms with E-state index in [9.17, 15) is 14.9 Å². The molecule has 0 atom stereocenters. The van der Waals surface area contributed by atoms with Crippen molar-refractivity contribution in [2.75, 3.05) is 18.0 Å². The number of nitrogens with zero attached hydrogens (tertiary/aromatic N) is 4. The molecule has 1 aromatic heterocycles. The Morgan fingerprint density at radius 2 is 2.33 bits per heavy atom. The van der Waals surface area contributed by atoms with Crippen LogP contribution in [0.1, 0.15) is 5.69 Å². The van der Waals surface area contributed by atoms with Gasteiger partial charge in [-0.05, 0) is 6.92 Å². The van der Waals surface area contributed by atoms with Crippen LogP contribution in [0.4, 0.5) is 11.5 Å². The predicted octanol–water partition coefficient (Wildman–Crippen LogP) is 0.161. The predicted molar refractivity (Wildman–Crippen MR) is 63.3 cm³/mol. The highest BCUT2D eigenvalue weighted by Crippen LogP contribution is 2.30. The minimum Gasteiger partial charge on any atom is -0.480 e. The molecule has 0 fully saturated rings. The molecule has 8 heteroatoms. The number of hydrogen-bond donors (Lipinski definition) is 1. The highest BCUT2D eigenvalue weighted by molar-refractivity contribution is 5.75. The van der Waals surface area contributed by atoms with Crippen LogP contribution >= 0.6 is 0 Å². The number of anilines is 1. The summed E-state index contributed by atoms with van der Waals surface area (Å²) in [6.07, 6.45) is 5.14. The van der Waals surface area contributed by atoms with Crippen molar-refractivity contribution in [3.05, 3.63) is 15.8 Å². The number of rotatable bonds is 5. The molecule has 1 aromatic rings. The van der Waals surface area contributed by atoms with E-state index in [1.807, 2.05) is 0 Å². The molecule has 0 saturated heterocycles. The molecule has 1 N–H and O–H groups in total. The summed E-state index contributed by atoms with van der Waals surface area (Å²) in [6.45, 7) is 1.01. The second kappa shape index (κ2) is 5.18. The molecule has 96 valence electrons. The van der Waals surface area contributed by atoms with Gasteiger partial charge in [0.2, 0.25) is 5.82 Å². The van der Waals surface area contributed by atoms with Crippen molar-refractivity contribution in [1.29, 1.82) is 0 Å². The van der Waals surface area contributed by atoms with Crippen molar-refractivity contribution in [3.8, 4) is 12.3 Å². The molecule has 0 aliphatic rings. The van der Waals surface area contributed by atoms with Crippen molar-refractivity contribution in [2.45, 2.75) is 6.92 Å². The van der Waals surface area contributed by atoms with Gasteiger partial charge in [0.15, 0.2) is 0 Å². The molecule has 0 aliphatic heterocycles. The lowest BCUT2D eigenvalue weighted by atomic mass is 10.3. The number of carboxylic acids is 1. The van der Waals surface area contributed by atoms with E-state index >= 15 is 0 Å². The standard InChI is InChI=1S/C10H12N4O4/c1-4-5-13(6-8(15)16)10-9(14(17)18)7(2)11-12(10)3/h1H,5-6H2,2-3H3,(H,15,16). The topological polar surface area (TPSA) is 102 Å². The quantitative estimate of drug-likeness (QED) is 0.455. The maximum Gasteiger partial charge on any atom is 0.333 e. The van der Waals surface area contributed by atoms with Crippen LogP contribution in [0.3, 0.4) is 0 Å². The molecule has 18 heavy (non-hydrogen) atoms. The largest absolute Gasteiger partial charge is 0.480 e. The summed E-state index contributed by atoms with van der Waals surface area (Å²) in [5.74, 6) is 1.24. The molecular weight excluding hydrogens is 240 g/mol. The summed E-state index contributed by atoms with van der Waals surface area (Å²) < 4.78 is 1.26. The molecule has 0 spiro atoms. The Kier molecular flexibility index (Phi) is 3.89. The maximum absolute atomic E-state index is 11.0. The Balaban J connectivity index is 3.31. The van der Waals surface area contributed by atoms with Gasteiger partial charge >= 0.3 is 11.7 Å². The highest BCUT2D eigenvalue weighted by atomic mass is 16.6. The zero-order valence-electron chi connectivity index (χ0n) is 9.95. The van der Waals surface area contributed by atoms with Gasteiger partial charge in [0.25, 0.3) is 0 Å². The van der Waals surface area contributed by atoms with E-state index in [1.54, 1.807) is 0 Å². The Morgan fingerprint density at radius 1 is 1.72 bits per heavy atom. The number of carboxylic acid groups (broad SMARTS) is 1.